The molecule has 1 aromatic heterocycles. The number of carbonyl (C=O) groups excluding carboxylic acids is 1. The van der Waals surface area contributed by atoms with Gasteiger partial charge in [-0.2, -0.15) is 0 Å². The van der Waals surface area contributed by atoms with E-state index in [-0.39, 0.29) is 11.9 Å². The topological polar surface area (TPSA) is 67.2 Å². The third-order valence-corrected chi connectivity index (χ3v) is 3.77. The van der Waals surface area contributed by atoms with Crippen molar-refractivity contribution >= 4 is 5.91 Å². The van der Waals surface area contributed by atoms with Gasteiger partial charge in [-0.15, -0.1) is 0 Å². The molecular formula is C16H19N3O2. The second-order valence-corrected chi connectivity index (χ2v) is 5.39. The molecule has 3 rings (SSSR count). The van der Waals surface area contributed by atoms with E-state index in [1.54, 1.807) is 0 Å². The van der Waals surface area contributed by atoms with Crippen molar-refractivity contribution in [2.75, 3.05) is 13.1 Å². The smallest absolute Gasteiger partial charge is 0.274 e. The van der Waals surface area contributed by atoms with E-state index in [2.05, 4.69) is 15.6 Å². The van der Waals surface area contributed by atoms with Crippen molar-refractivity contribution in [3.8, 4) is 11.3 Å². The van der Waals surface area contributed by atoms with E-state index in [4.69, 9.17) is 4.42 Å². The molecule has 2 heterocycles. The highest BCUT2D eigenvalue weighted by molar-refractivity contribution is 5.97. The van der Waals surface area contributed by atoms with E-state index in [0.717, 1.165) is 31.5 Å². The van der Waals surface area contributed by atoms with Crippen molar-refractivity contribution in [2.45, 2.75) is 25.8 Å². The van der Waals surface area contributed by atoms with E-state index in [1.807, 2.05) is 31.2 Å². The van der Waals surface area contributed by atoms with Gasteiger partial charge in [0.2, 0.25) is 0 Å². The summed E-state index contributed by atoms with van der Waals surface area (Å²) >= 11 is 0. The first-order chi connectivity index (χ1) is 10.2. The second-order valence-electron chi connectivity index (χ2n) is 5.39. The minimum Gasteiger partial charge on any atom is -0.443 e. The summed E-state index contributed by atoms with van der Waals surface area (Å²) in [4.78, 5) is 16.5. The van der Waals surface area contributed by atoms with Crippen LogP contribution in [0, 0.1) is 6.92 Å². The van der Waals surface area contributed by atoms with Gasteiger partial charge in [0.25, 0.3) is 5.91 Å². The van der Waals surface area contributed by atoms with Crippen LogP contribution in [0.2, 0.25) is 0 Å². The van der Waals surface area contributed by atoms with Crippen LogP contribution in [-0.4, -0.2) is 30.0 Å². The Bertz CT molecular complexity index is 613. The Labute approximate surface area is 123 Å². The lowest BCUT2D eigenvalue weighted by Gasteiger charge is -2.23. The number of benzene rings is 1. The van der Waals surface area contributed by atoms with Gasteiger partial charge < -0.3 is 15.1 Å². The Balaban J connectivity index is 1.78. The van der Waals surface area contributed by atoms with Crippen LogP contribution in [-0.2, 0) is 0 Å². The van der Waals surface area contributed by atoms with Crippen LogP contribution in [0.4, 0.5) is 0 Å². The molecule has 21 heavy (non-hydrogen) atoms. The number of piperidine rings is 1. The lowest BCUT2D eigenvalue weighted by atomic mass is 10.1. The number of hydrogen-bond donors (Lipinski definition) is 2. The molecule has 0 radical (unpaired) electrons. The predicted octanol–water partition coefficient (Wildman–Crippen LogP) is 2.13. The number of amides is 1. The van der Waals surface area contributed by atoms with Crippen LogP contribution < -0.4 is 10.6 Å². The van der Waals surface area contributed by atoms with Crippen molar-refractivity contribution in [3.05, 3.63) is 41.9 Å². The molecule has 1 aliphatic heterocycles. The van der Waals surface area contributed by atoms with Gasteiger partial charge in [0.1, 0.15) is 0 Å². The van der Waals surface area contributed by atoms with Crippen LogP contribution in [0.3, 0.4) is 0 Å². The molecule has 0 aliphatic carbocycles. The van der Waals surface area contributed by atoms with Gasteiger partial charge in [-0.1, -0.05) is 29.8 Å². The summed E-state index contributed by atoms with van der Waals surface area (Å²) < 4.78 is 5.42. The molecule has 0 bridgehead atoms. The highest BCUT2D eigenvalue weighted by atomic mass is 16.3. The Morgan fingerprint density at radius 3 is 2.71 bits per heavy atom. The first kappa shape index (κ1) is 13.8. The molecule has 2 N–H and O–H groups in total. The summed E-state index contributed by atoms with van der Waals surface area (Å²) in [6.07, 6.45) is 3.22. The number of aryl methyl sites for hydroxylation is 1. The monoisotopic (exact) mass is 285 g/mol. The van der Waals surface area contributed by atoms with Gasteiger partial charge in [-0.3, -0.25) is 4.79 Å². The van der Waals surface area contributed by atoms with Crippen LogP contribution in [0.1, 0.15) is 28.9 Å². The highest BCUT2D eigenvalue weighted by Gasteiger charge is 2.22. The Morgan fingerprint density at radius 1 is 1.29 bits per heavy atom. The molecular weight excluding hydrogens is 266 g/mol. The molecule has 1 aliphatic rings. The summed E-state index contributed by atoms with van der Waals surface area (Å²) in [6, 6.07) is 8.08. The van der Waals surface area contributed by atoms with Gasteiger partial charge in [-0.05, 0) is 32.9 Å². The van der Waals surface area contributed by atoms with Crippen molar-refractivity contribution in [1.82, 2.24) is 15.6 Å². The van der Waals surface area contributed by atoms with Crippen LogP contribution in [0.5, 0.6) is 0 Å². The average Bonchev–Trinajstić information content (AvgIpc) is 2.98. The molecule has 2 aromatic rings. The fourth-order valence-corrected chi connectivity index (χ4v) is 2.54. The molecule has 5 nitrogen and oxygen atoms in total. The molecule has 110 valence electrons. The standard InChI is InChI=1S/C16H19N3O2/c1-11-2-4-12(5-3-11)15-14(18-10-21-15)16(20)19-13-6-8-17-9-7-13/h2-5,10,13,17H,6-9H2,1H3,(H,19,20). The number of oxazole rings is 1. The van der Waals surface area contributed by atoms with Crippen molar-refractivity contribution in [1.29, 1.82) is 0 Å². The molecule has 0 spiro atoms. The lowest BCUT2D eigenvalue weighted by Crippen LogP contribution is -2.42. The molecule has 0 saturated carbocycles. The van der Waals surface area contributed by atoms with Crippen molar-refractivity contribution < 1.29 is 9.21 Å². The van der Waals surface area contributed by atoms with E-state index >= 15 is 0 Å². The summed E-state index contributed by atoms with van der Waals surface area (Å²) in [6.45, 7) is 3.90. The number of rotatable bonds is 3. The van der Waals surface area contributed by atoms with Crippen LogP contribution in [0.25, 0.3) is 11.3 Å². The average molecular weight is 285 g/mol. The molecule has 0 unspecified atom stereocenters. The van der Waals surface area contributed by atoms with E-state index < -0.39 is 0 Å². The minimum absolute atomic E-state index is 0.161. The maximum absolute atomic E-state index is 12.4. The van der Waals surface area contributed by atoms with Crippen molar-refractivity contribution in [2.24, 2.45) is 0 Å². The van der Waals surface area contributed by atoms with Gasteiger partial charge in [0, 0.05) is 11.6 Å². The fourth-order valence-electron chi connectivity index (χ4n) is 2.54. The molecule has 1 fully saturated rings. The molecule has 1 saturated heterocycles. The second kappa shape index (κ2) is 6.10. The Kier molecular flexibility index (Phi) is 4.01. The van der Waals surface area contributed by atoms with Gasteiger partial charge in [0.05, 0.1) is 0 Å². The zero-order chi connectivity index (χ0) is 14.7. The largest absolute Gasteiger partial charge is 0.443 e. The number of aromatic nitrogens is 1. The van der Waals surface area contributed by atoms with Gasteiger partial charge in [-0.25, -0.2) is 4.98 Å². The van der Waals surface area contributed by atoms with Crippen LogP contribution >= 0.6 is 0 Å². The minimum atomic E-state index is -0.161. The summed E-state index contributed by atoms with van der Waals surface area (Å²) in [5.74, 6) is 0.368. The summed E-state index contributed by atoms with van der Waals surface area (Å²) in [5.41, 5.74) is 2.39. The molecule has 0 atom stereocenters. The zero-order valence-corrected chi connectivity index (χ0v) is 12.1. The van der Waals surface area contributed by atoms with E-state index in [1.165, 1.54) is 12.0 Å². The van der Waals surface area contributed by atoms with Crippen LogP contribution in [0.15, 0.2) is 35.1 Å². The first-order valence-corrected chi connectivity index (χ1v) is 7.26. The number of nitrogens with one attached hydrogen (secondary N) is 2. The van der Waals surface area contributed by atoms with Gasteiger partial charge >= 0.3 is 0 Å². The molecule has 5 heteroatoms. The lowest BCUT2D eigenvalue weighted by molar-refractivity contribution is 0.0925. The van der Waals surface area contributed by atoms with E-state index in [0.29, 0.717) is 11.5 Å². The maximum atomic E-state index is 12.4. The summed E-state index contributed by atoms with van der Waals surface area (Å²) in [5, 5.41) is 6.32. The Hall–Kier alpha value is -2.14. The number of hydrogen-bond acceptors (Lipinski definition) is 4. The fraction of sp³-hybridized carbons (Fsp3) is 0.375. The SMILES string of the molecule is Cc1ccc(-c2ocnc2C(=O)NC2CCNCC2)cc1. The summed E-state index contributed by atoms with van der Waals surface area (Å²) in [7, 11) is 0. The number of nitrogens with zero attached hydrogens (tertiary/aromatic N) is 1. The third kappa shape index (κ3) is 3.13. The quantitative estimate of drug-likeness (QED) is 0.906. The van der Waals surface area contributed by atoms with Gasteiger partial charge in [0.15, 0.2) is 17.8 Å². The zero-order valence-electron chi connectivity index (χ0n) is 12.1. The normalized spacial score (nSPS) is 15.9. The molecule has 1 amide bonds. The third-order valence-electron chi connectivity index (χ3n) is 3.77. The Morgan fingerprint density at radius 2 is 2.00 bits per heavy atom. The van der Waals surface area contributed by atoms with E-state index in [9.17, 15) is 4.79 Å². The highest BCUT2D eigenvalue weighted by Crippen LogP contribution is 2.23. The predicted molar refractivity (Wildman–Crippen MR) is 80.0 cm³/mol. The molecule has 1 aromatic carbocycles. The first-order valence-electron chi connectivity index (χ1n) is 7.26. The maximum Gasteiger partial charge on any atom is 0.274 e. The number of carbonyl (C=O) groups is 1. The van der Waals surface area contributed by atoms with Crippen molar-refractivity contribution in [3.63, 3.8) is 0 Å².